The SMILES string of the molecule is Nc1ccccc1SC(=O)c1ccccc1. The molecular weight excluding hydrogens is 218 g/mol. The van der Waals surface area contributed by atoms with Crippen LogP contribution in [0.2, 0.25) is 0 Å². The number of nitrogens with two attached hydrogens (primary N) is 1. The van der Waals surface area contributed by atoms with E-state index in [1.807, 2.05) is 36.4 Å². The van der Waals surface area contributed by atoms with Crippen molar-refractivity contribution < 1.29 is 4.79 Å². The standard InChI is InChI=1S/C13H11NOS/c14-11-8-4-5-9-12(11)16-13(15)10-6-2-1-3-7-10/h1-9H,14H2. The van der Waals surface area contributed by atoms with Crippen LogP contribution >= 0.6 is 11.8 Å². The number of rotatable bonds is 2. The zero-order valence-electron chi connectivity index (χ0n) is 8.59. The van der Waals surface area contributed by atoms with Gasteiger partial charge < -0.3 is 5.73 Å². The fourth-order valence-electron chi connectivity index (χ4n) is 1.31. The molecule has 0 spiro atoms. The number of anilines is 1. The molecule has 0 atom stereocenters. The summed E-state index contributed by atoms with van der Waals surface area (Å²) in [4.78, 5) is 12.7. The molecule has 2 N–H and O–H groups in total. The molecule has 2 aromatic carbocycles. The second kappa shape index (κ2) is 4.86. The minimum absolute atomic E-state index is 0.0125. The molecule has 0 aliphatic carbocycles. The van der Waals surface area contributed by atoms with Crippen molar-refractivity contribution in [2.75, 3.05) is 5.73 Å². The van der Waals surface area contributed by atoms with Gasteiger partial charge in [0.05, 0.1) is 0 Å². The van der Waals surface area contributed by atoms with Crippen molar-refractivity contribution in [1.29, 1.82) is 0 Å². The van der Waals surface area contributed by atoms with Crippen LogP contribution in [0.1, 0.15) is 10.4 Å². The number of carbonyl (C=O) groups excluding carboxylic acids is 1. The maximum absolute atomic E-state index is 11.9. The number of hydrogen-bond acceptors (Lipinski definition) is 3. The maximum Gasteiger partial charge on any atom is 0.224 e. The summed E-state index contributed by atoms with van der Waals surface area (Å²) in [6.07, 6.45) is 0. The van der Waals surface area contributed by atoms with E-state index in [2.05, 4.69) is 0 Å². The van der Waals surface area contributed by atoms with Crippen molar-refractivity contribution in [2.45, 2.75) is 4.90 Å². The average molecular weight is 229 g/mol. The highest BCUT2D eigenvalue weighted by Crippen LogP contribution is 2.27. The third-order valence-corrected chi connectivity index (χ3v) is 3.14. The van der Waals surface area contributed by atoms with Crippen molar-refractivity contribution >= 4 is 22.6 Å². The van der Waals surface area contributed by atoms with Gasteiger partial charge in [-0.05, 0) is 23.9 Å². The summed E-state index contributed by atoms with van der Waals surface area (Å²) >= 11 is 1.16. The fraction of sp³-hybridized carbons (Fsp3) is 0. The van der Waals surface area contributed by atoms with Gasteiger partial charge >= 0.3 is 0 Å². The highest BCUT2D eigenvalue weighted by Gasteiger charge is 2.08. The van der Waals surface area contributed by atoms with Crippen LogP contribution in [0.15, 0.2) is 59.5 Å². The lowest BCUT2D eigenvalue weighted by Crippen LogP contribution is -1.94. The van der Waals surface area contributed by atoms with E-state index < -0.39 is 0 Å². The van der Waals surface area contributed by atoms with Gasteiger partial charge in [0.1, 0.15) is 0 Å². The molecule has 2 rings (SSSR count). The second-order valence-corrected chi connectivity index (χ2v) is 4.31. The number of carbonyl (C=O) groups is 1. The molecule has 2 aromatic rings. The molecule has 0 aromatic heterocycles. The van der Waals surface area contributed by atoms with Gasteiger partial charge in [0.15, 0.2) is 0 Å². The first-order valence-electron chi connectivity index (χ1n) is 4.89. The summed E-state index contributed by atoms with van der Waals surface area (Å²) in [6.45, 7) is 0. The van der Waals surface area contributed by atoms with Crippen molar-refractivity contribution in [2.24, 2.45) is 0 Å². The third-order valence-electron chi connectivity index (χ3n) is 2.13. The van der Waals surface area contributed by atoms with Crippen LogP contribution in [0.4, 0.5) is 5.69 Å². The number of hydrogen-bond donors (Lipinski definition) is 1. The molecule has 2 nitrogen and oxygen atoms in total. The van der Waals surface area contributed by atoms with Gasteiger partial charge in [-0.2, -0.15) is 0 Å². The summed E-state index contributed by atoms with van der Waals surface area (Å²) < 4.78 is 0. The van der Waals surface area contributed by atoms with E-state index in [1.54, 1.807) is 18.2 Å². The first-order chi connectivity index (χ1) is 7.77. The lowest BCUT2D eigenvalue weighted by Gasteiger charge is -2.03. The van der Waals surface area contributed by atoms with Crippen LogP contribution in [0.25, 0.3) is 0 Å². The quantitative estimate of drug-likeness (QED) is 0.635. The average Bonchev–Trinajstić information content (AvgIpc) is 2.33. The largest absolute Gasteiger partial charge is 0.398 e. The van der Waals surface area contributed by atoms with Crippen molar-refractivity contribution in [1.82, 2.24) is 0 Å². The summed E-state index contributed by atoms with van der Waals surface area (Å²) in [5, 5.41) is 0.0125. The molecule has 0 aliphatic rings. The molecule has 0 heterocycles. The Morgan fingerprint density at radius 2 is 1.56 bits per heavy atom. The smallest absolute Gasteiger partial charge is 0.224 e. The minimum atomic E-state index is 0.0125. The lowest BCUT2D eigenvalue weighted by molar-refractivity contribution is 0.108. The van der Waals surface area contributed by atoms with Gasteiger partial charge in [-0.3, -0.25) is 4.79 Å². The molecule has 3 heteroatoms. The molecule has 16 heavy (non-hydrogen) atoms. The van der Waals surface area contributed by atoms with E-state index in [-0.39, 0.29) is 5.12 Å². The molecule has 0 radical (unpaired) electrons. The normalized spacial score (nSPS) is 10.0. The topological polar surface area (TPSA) is 43.1 Å². The van der Waals surface area contributed by atoms with E-state index in [9.17, 15) is 4.79 Å². The summed E-state index contributed by atoms with van der Waals surface area (Å²) in [6, 6.07) is 16.6. The van der Waals surface area contributed by atoms with Crippen molar-refractivity contribution in [3.8, 4) is 0 Å². The van der Waals surface area contributed by atoms with E-state index in [0.717, 1.165) is 16.7 Å². The second-order valence-electron chi connectivity index (χ2n) is 3.29. The van der Waals surface area contributed by atoms with E-state index in [0.29, 0.717) is 11.3 Å². The van der Waals surface area contributed by atoms with Crippen LogP contribution < -0.4 is 5.73 Å². The monoisotopic (exact) mass is 229 g/mol. The van der Waals surface area contributed by atoms with E-state index in [4.69, 9.17) is 5.73 Å². The van der Waals surface area contributed by atoms with Crippen molar-refractivity contribution in [3.63, 3.8) is 0 Å². The van der Waals surface area contributed by atoms with Crippen LogP contribution in [0, 0.1) is 0 Å². The number of thioether (sulfide) groups is 1. The molecule has 80 valence electrons. The first-order valence-corrected chi connectivity index (χ1v) is 5.71. The third kappa shape index (κ3) is 2.44. The summed E-state index contributed by atoms with van der Waals surface area (Å²) in [5.41, 5.74) is 7.10. The highest BCUT2D eigenvalue weighted by atomic mass is 32.2. The Labute approximate surface area is 98.5 Å². The Bertz CT molecular complexity index is 496. The number of benzene rings is 2. The molecule has 0 amide bonds. The Morgan fingerprint density at radius 3 is 2.25 bits per heavy atom. The van der Waals surface area contributed by atoms with Gasteiger partial charge in [-0.1, -0.05) is 42.5 Å². The van der Waals surface area contributed by atoms with Gasteiger partial charge in [-0.25, -0.2) is 0 Å². The van der Waals surface area contributed by atoms with Crippen molar-refractivity contribution in [3.05, 3.63) is 60.2 Å². The Hall–Kier alpha value is -1.74. The predicted octanol–water partition coefficient (Wildman–Crippen LogP) is 3.20. The van der Waals surface area contributed by atoms with Crippen LogP contribution in [0.5, 0.6) is 0 Å². The zero-order chi connectivity index (χ0) is 11.4. The van der Waals surface area contributed by atoms with E-state index >= 15 is 0 Å². The van der Waals surface area contributed by atoms with Gasteiger partial charge in [0.25, 0.3) is 0 Å². The molecule has 0 fully saturated rings. The Morgan fingerprint density at radius 1 is 0.938 bits per heavy atom. The fourth-order valence-corrected chi connectivity index (χ4v) is 2.09. The summed E-state index contributed by atoms with van der Waals surface area (Å²) in [7, 11) is 0. The molecule has 0 aliphatic heterocycles. The Kier molecular flexibility index (Phi) is 3.27. The lowest BCUT2D eigenvalue weighted by atomic mass is 10.2. The maximum atomic E-state index is 11.9. The van der Waals surface area contributed by atoms with Crippen LogP contribution in [-0.4, -0.2) is 5.12 Å². The molecule has 0 saturated carbocycles. The molecule has 0 bridgehead atoms. The highest BCUT2D eigenvalue weighted by molar-refractivity contribution is 8.14. The minimum Gasteiger partial charge on any atom is -0.398 e. The predicted molar refractivity (Wildman–Crippen MR) is 67.5 cm³/mol. The molecule has 0 saturated heterocycles. The summed E-state index contributed by atoms with van der Waals surface area (Å²) in [5.74, 6) is 0. The van der Waals surface area contributed by atoms with Gasteiger partial charge in [-0.15, -0.1) is 0 Å². The number of nitrogen functional groups attached to an aromatic ring is 1. The molecular formula is C13H11NOS. The Balaban J connectivity index is 2.18. The van der Waals surface area contributed by atoms with Crippen LogP contribution in [-0.2, 0) is 0 Å². The number of para-hydroxylation sites is 1. The van der Waals surface area contributed by atoms with Gasteiger partial charge in [0, 0.05) is 16.1 Å². The van der Waals surface area contributed by atoms with E-state index in [1.165, 1.54) is 0 Å². The van der Waals surface area contributed by atoms with Gasteiger partial charge in [0.2, 0.25) is 5.12 Å². The zero-order valence-corrected chi connectivity index (χ0v) is 9.41. The van der Waals surface area contributed by atoms with Crippen LogP contribution in [0.3, 0.4) is 0 Å². The molecule has 0 unspecified atom stereocenters. The first kappa shape index (κ1) is 10.8.